The Labute approximate surface area is 174 Å². The number of rotatable bonds is 9. The van der Waals surface area contributed by atoms with Crippen molar-refractivity contribution in [2.45, 2.75) is 18.6 Å². The van der Waals surface area contributed by atoms with Gasteiger partial charge in [0.15, 0.2) is 16.8 Å². The van der Waals surface area contributed by atoms with Gasteiger partial charge in [-0.15, -0.1) is 10.2 Å². The SMILES string of the molecule is CCn1c(SCC(=O)c2ccc(OC)cc2OC)nnc1-c1ccccc1OC. The molecule has 0 bridgehead atoms. The smallest absolute Gasteiger partial charge is 0.191 e. The van der Waals surface area contributed by atoms with Gasteiger partial charge < -0.3 is 18.8 Å². The van der Waals surface area contributed by atoms with E-state index in [1.807, 2.05) is 35.8 Å². The zero-order valence-electron chi connectivity index (χ0n) is 16.8. The Morgan fingerprint density at radius 1 is 1.00 bits per heavy atom. The summed E-state index contributed by atoms with van der Waals surface area (Å²) in [5, 5.41) is 9.30. The number of thioether (sulfide) groups is 1. The van der Waals surface area contributed by atoms with Gasteiger partial charge in [0.05, 0.1) is 38.2 Å². The van der Waals surface area contributed by atoms with Crippen molar-refractivity contribution in [2.75, 3.05) is 27.1 Å². The van der Waals surface area contributed by atoms with Crippen LogP contribution in [0.3, 0.4) is 0 Å². The quantitative estimate of drug-likeness (QED) is 0.388. The summed E-state index contributed by atoms with van der Waals surface area (Å²) in [6.07, 6.45) is 0. The lowest BCUT2D eigenvalue weighted by molar-refractivity contribution is 0.101. The first-order valence-corrected chi connectivity index (χ1v) is 10.1. The van der Waals surface area contributed by atoms with Crippen LogP contribution in [0.25, 0.3) is 11.4 Å². The summed E-state index contributed by atoms with van der Waals surface area (Å²) in [7, 11) is 4.73. The second-order valence-electron chi connectivity index (χ2n) is 6.03. The summed E-state index contributed by atoms with van der Waals surface area (Å²) in [6.45, 7) is 2.68. The molecule has 0 unspecified atom stereocenters. The fourth-order valence-electron chi connectivity index (χ4n) is 2.95. The number of methoxy groups -OCH3 is 3. The molecule has 2 aromatic carbocycles. The van der Waals surface area contributed by atoms with Crippen molar-refractivity contribution in [1.29, 1.82) is 0 Å². The van der Waals surface area contributed by atoms with Crippen LogP contribution in [0.2, 0.25) is 0 Å². The monoisotopic (exact) mass is 413 g/mol. The zero-order chi connectivity index (χ0) is 20.8. The normalized spacial score (nSPS) is 10.6. The van der Waals surface area contributed by atoms with Crippen LogP contribution < -0.4 is 14.2 Å². The van der Waals surface area contributed by atoms with Crippen molar-refractivity contribution < 1.29 is 19.0 Å². The average Bonchev–Trinajstić information content (AvgIpc) is 3.19. The number of hydrogen-bond donors (Lipinski definition) is 0. The average molecular weight is 413 g/mol. The molecule has 0 aliphatic heterocycles. The number of aromatic nitrogens is 3. The Bertz CT molecular complexity index is 1000. The number of carbonyl (C=O) groups is 1. The second kappa shape index (κ2) is 9.47. The minimum Gasteiger partial charge on any atom is -0.497 e. The molecule has 7 nitrogen and oxygen atoms in total. The van der Waals surface area contributed by atoms with Gasteiger partial charge in [0, 0.05) is 12.6 Å². The molecule has 0 amide bonds. The van der Waals surface area contributed by atoms with Gasteiger partial charge in [0.1, 0.15) is 17.2 Å². The summed E-state index contributed by atoms with van der Waals surface area (Å²) in [4.78, 5) is 12.8. The first-order valence-electron chi connectivity index (χ1n) is 9.07. The molecule has 1 heterocycles. The van der Waals surface area contributed by atoms with Gasteiger partial charge >= 0.3 is 0 Å². The lowest BCUT2D eigenvalue weighted by atomic mass is 10.1. The lowest BCUT2D eigenvalue weighted by Crippen LogP contribution is -2.07. The minimum absolute atomic E-state index is 0.0565. The van der Waals surface area contributed by atoms with E-state index in [-0.39, 0.29) is 11.5 Å². The molecule has 152 valence electrons. The topological polar surface area (TPSA) is 75.5 Å². The van der Waals surface area contributed by atoms with Crippen molar-refractivity contribution in [3.05, 3.63) is 48.0 Å². The van der Waals surface area contributed by atoms with Crippen LogP contribution in [0, 0.1) is 0 Å². The molecule has 0 radical (unpaired) electrons. The molecule has 29 heavy (non-hydrogen) atoms. The number of carbonyl (C=O) groups excluding carboxylic acids is 1. The van der Waals surface area contributed by atoms with Crippen LogP contribution in [-0.4, -0.2) is 47.6 Å². The largest absolute Gasteiger partial charge is 0.497 e. The van der Waals surface area contributed by atoms with E-state index in [9.17, 15) is 4.79 Å². The van der Waals surface area contributed by atoms with E-state index in [2.05, 4.69) is 10.2 Å². The number of ketones is 1. The molecular weight excluding hydrogens is 390 g/mol. The summed E-state index contributed by atoms with van der Waals surface area (Å²) >= 11 is 1.34. The maximum atomic E-state index is 12.8. The van der Waals surface area contributed by atoms with E-state index in [4.69, 9.17) is 14.2 Å². The van der Waals surface area contributed by atoms with E-state index in [1.54, 1.807) is 32.4 Å². The highest BCUT2D eigenvalue weighted by Gasteiger charge is 2.19. The van der Waals surface area contributed by atoms with Crippen molar-refractivity contribution in [3.8, 4) is 28.6 Å². The predicted molar refractivity (Wildman–Crippen MR) is 112 cm³/mol. The third kappa shape index (κ3) is 4.37. The third-order valence-electron chi connectivity index (χ3n) is 4.42. The summed E-state index contributed by atoms with van der Waals surface area (Å²) in [5.74, 6) is 2.72. The molecule has 1 aromatic heterocycles. The first kappa shape index (κ1) is 20.7. The van der Waals surface area contributed by atoms with Crippen LogP contribution in [0.1, 0.15) is 17.3 Å². The molecule has 0 atom stereocenters. The maximum Gasteiger partial charge on any atom is 0.191 e. The highest BCUT2D eigenvalue weighted by molar-refractivity contribution is 7.99. The number of benzene rings is 2. The Morgan fingerprint density at radius 3 is 2.45 bits per heavy atom. The van der Waals surface area contributed by atoms with Crippen LogP contribution >= 0.6 is 11.8 Å². The third-order valence-corrected chi connectivity index (χ3v) is 5.39. The van der Waals surface area contributed by atoms with Gasteiger partial charge in [-0.25, -0.2) is 0 Å². The highest BCUT2D eigenvalue weighted by Crippen LogP contribution is 2.31. The molecule has 0 fully saturated rings. The second-order valence-corrected chi connectivity index (χ2v) is 6.97. The van der Waals surface area contributed by atoms with Crippen LogP contribution in [0.4, 0.5) is 0 Å². The van der Waals surface area contributed by atoms with Crippen LogP contribution in [0.15, 0.2) is 47.6 Å². The summed E-state index contributed by atoms with van der Waals surface area (Å²) in [5.41, 5.74) is 1.37. The summed E-state index contributed by atoms with van der Waals surface area (Å²) in [6, 6.07) is 12.8. The highest BCUT2D eigenvalue weighted by atomic mass is 32.2. The number of hydrogen-bond acceptors (Lipinski definition) is 7. The minimum atomic E-state index is -0.0565. The maximum absolute atomic E-state index is 12.8. The van der Waals surface area contributed by atoms with Crippen molar-refractivity contribution >= 4 is 17.5 Å². The molecule has 0 N–H and O–H groups in total. The molecule has 0 spiro atoms. The fourth-order valence-corrected chi connectivity index (χ4v) is 3.83. The standard InChI is InChI=1S/C21H23N3O4S/c1-5-24-20(16-8-6-7-9-18(16)27-3)22-23-21(24)29-13-17(25)15-11-10-14(26-2)12-19(15)28-4/h6-12H,5,13H2,1-4H3. The van der Waals surface area contributed by atoms with Gasteiger partial charge in [-0.2, -0.15) is 0 Å². The van der Waals surface area contributed by atoms with E-state index in [1.165, 1.54) is 18.9 Å². The van der Waals surface area contributed by atoms with Gasteiger partial charge in [0.2, 0.25) is 0 Å². The lowest BCUT2D eigenvalue weighted by Gasteiger charge is -2.11. The van der Waals surface area contributed by atoms with E-state index in [0.29, 0.717) is 34.6 Å². The first-order chi connectivity index (χ1) is 14.1. The van der Waals surface area contributed by atoms with E-state index in [0.717, 1.165) is 11.3 Å². The number of nitrogens with zero attached hydrogens (tertiary/aromatic N) is 3. The van der Waals surface area contributed by atoms with Gasteiger partial charge in [-0.05, 0) is 31.2 Å². The predicted octanol–water partition coefficient (Wildman–Crippen LogP) is 3.97. The molecule has 3 aromatic rings. The molecular formula is C21H23N3O4S. The Hall–Kier alpha value is -3.00. The zero-order valence-corrected chi connectivity index (χ0v) is 17.7. The molecule has 0 saturated heterocycles. The van der Waals surface area contributed by atoms with Crippen LogP contribution in [0.5, 0.6) is 17.2 Å². The molecule has 8 heteroatoms. The van der Waals surface area contributed by atoms with Crippen molar-refractivity contribution in [1.82, 2.24) is 14.8 Å². The van der Waals surface area contributed by atoms with E-state index < -0.39 is 0 Å². The number of Topliss-reactive ketones (excluding diaryl/α,β-unsaturated/α-hetero) is 1. The number of para-hydroxylation sites is 1. The van der Waals surface area contributed by atoms with Crippen molar-refractivity contribution in [3.63, 3.8) is 0 Å². The molecule has 0 saturated carbocycles. The van der Waals surface area contributed by atoms with Gasteiger partial charge in [0.25, 0.3) is 0 Å². The summed E-state index contributed by atoms with van der Waals surface area (Å²) < 4.78 is 17.9. The Kier molecular flexibility index (Phi) is 6.77. The number of ether oxygens (including phenoxy) is 3. The van der Waals surface area contributed by atoms with Gasteiger partial charge in [-0.3, -0.25) is 4.79 Å². The molecule has 0 aliphatic rings. The molecule has 3 rings (SSSR count). The van der Waals surface area contributed by atoms with Crippen molar-refractivity contribution in [2.24, 2.45) is 0 Å². The Morgan fingerprint density at radius 2 is 1.76 bits per heavy atom. The Balaban J connectivity index is 1.81. The fraction of sp³-hybridized carbons (Fsp3) is 0.286. The van der Waals surface area contributed by atoms with Crippen LogP contribution in [-0.2, 0) is 6.54 Å². The van der Waals surface area contributed by atoms with Gasteiger partial charge in [-0.1, -0.05) is 23.9 Å². The molecule has 0 aliphatic carbocycles. The van der Waals surface area contributed by atoms with E-state index >= 15 is 0 Å².